The van der Waals surface area contributed by atoms with Gasteiger partial charge in [-0.05, 0) is 42.9 Å². The van der Waals surface area contributed by atoms with E-state index in [1.54, 1.807) is 0 Å². The van der Waals surface area contributed by atoms with Crippen molar-refractivity contribution in [2.75, 3.05) is 11.1 Å². The topological polar surface area (TPSA) is 38.0 Å². The maximum absolute atomic E-state index is 13.3. The Morgan fingerprint density at radius 3 is 2.61 bits per heavy atom. The van der Waals surface area contributed by atoms with Crippen molar-refractivity contribution in [3.05, 3.63) is 24.0 Å². The minimum Gasteiger partial charge on any atom is -0.399 e. The predicted octanol–water partition coefficient (Wildman–Crippen LogP) is 4.03. The number of hydrogen-bond donors (Lipinski definition) is 2. The van der Waals surface area contributed by atoms with Crippen LogP contribution in [-0.4, -0.2) is 6.04 Å². The minimum absolute atomic E-state index is 0.269. The summed E-state index contributed by atoms with van der Waals surface area (Å²) in [6, 6.07) is 5.14. The molecule has 3 heteroatoms. The summed E-state index contributed by atoms with van der Waals surface area (Å²) in [6.07, 6.45) is 5.00. The zero-order chi connectivity index (χ0) is 13.1. The summed E-state index contributed by atoms with van der Waals surface area (Å²) in [5.74, 6) is 1.06. The molecule has 1 aliphatic rings. The van der Waals surface area contributed by atoms with Crippen molar-refractivity contribution in [3.8, 4) is 0 Å². The van der Waals surface area contributed by atoms with Crippen molar-refractivity contribution >= 4 is 11.4 Å². The first-order valence-electron chi connectivity index (χ1n) is 6.89. The molecule has 0 aromatic heterocycles. The molecule has 100 valence electrons. The van der Waals surface area contributed by atoms with Gasteiger partial charge in [0.2, 0.25) is 0 Å². The molecule has 1 aliphatic carbocycles. The van der Waals surface area contributed by atoms with Crippen LogP contribution in [0.4, 0.5) is 15.8 Å². The lowest BCUT2D eigenvalue weighted by Crippen LogP contribution is -2.35. The van der Waals surface area contributed by atoms with E-state index in [1.807, 2.05) is 6.07 Å². The number of nitrogens with two attached hydrogens (primary N) is 1. The molecule has 2 unspecified atom stereocenters. The molecule has 3 N–H and O–H groups in total. The zero-order valence-corrected chi connectivity index (χ0v) is 11.2. The van der Waals surface area contributed by atoms with Gasteiger partial charge in [-0.3, -0.25) is 0 Å². The van der Waals surface area contributed by atoms with Gasteiger partial charge in [0.15, 0.2) is 0 Å². The molecule has 0 saturated heterocycles. The average Bonchev–Trinajstić information content (AvgIpc) is 2.27. The smallest absolute Gasteiger partial charge is 0.127 e. The van der Waals surface area contributed by atoms with Gasteiger partial charge in [-0.1, -0.05) is 26.7 Å². The minimum atomic E-state index is -0.269. The van der Waals surface area contributed by atoms with Gasteiger partial charge < -0.3 is 11.1 Å². The third-order valence-corrected chi connectivity index (χ3v) is 3.95. The summed E-state index contributed by atoms with van der Waals surface area (Å²) in [7, 11) is 0. The van der Waals surface area contributed by atoms with Crippen molar-refractivity contribution in [2.24, 2.45) is 11.8 Å². The van der Waals surface area contributed by atoms with Gasteiger partial charge in [0.05, 0.1) is 0 Å². The number of hydrogen-bond acceptors (Lipinski definition) is 2. The maximum atomic E-state index is 13.3. The first kappa shape index (κ1) is 13.2. The van der Waals surface area contributed by atoms with Gasteiger partial charge in [-0.2, -0.15) is 0 Å². The Morgan fingerprint density at radius 2 is 1.94 bits per heavy atom. The van der Waals surface area contributed by atoms with Crippen LogP contribution in [0, 0.1) is 17.7 Å². The van der Waals surface area contributed by atoms with E-state index in [4.69, 9.17) is 5.73 Å². The van der Waals surface area contributed by atoms with Crippen LogP contribution in [0.1, 0.15) is 39.5 Å². The molecule has 0 bridgehead atoms. The Bertz CT molecular complexity index is 383. The number of rotatable bonds is 3. The molecule has 0 spiro atoms. The molecule has 2 rings (SSSR count). The van der Waals surface area contributed by atoms with Crippen molar-refractivity contribution in [1.82, 2.24) is 0 Å². The zero-order valence-electron chi connectivity index (χ0n) is 11.2. The molecule has 2 atom stereocenters. The van der Waals surface area contributed by atoms with Crippen LogP contribution in [0.5, 0.6) is 0 Å². The number of anilines is 2. The molecule has 2 nitrogen and oxygen atoms in total. The molecular formula is C15H23FN2. The maximum Gasteiger partial charge on any atom is 0.127 e. The predicted molar refractivity (Wildman–Crippen MR) is 75.0 cm³/mol. The van der Waals surface area contributed by atoms with Gasteiger partial charge in [-0.25, -0.2) is 4.39 Å². The normalized spacial score (nSPS) is 24.2. The fourth-order valence-corrected chi connectivity index (χ4v) is 3.05. The summed E-state index contributed by atoms with van der Waals surface area (Å²) < 4.78 is 13.3. The van der Waals surface area contributed by atoms with Crippen LogP contribution in [0.2, 0.25) is 0 Å². The van der Waals surface area contributed by atoms with Crippen molar-refractivity contribution < 1.29 is 4.39 Å². The first-order valence-corrected chi connectivity index (χ1v) is 6.89. The molecule has 0 heterocycles. The Balaban J connectivity index is 2.10. The van der Waals surface area contributed by atoms with Crippen molar-refractivity contribution in [3.63, 3.8) is 0 Å². The van der Waals surface area contributed by atoms with Gasteiger partial charge in [0.25, 0.3) is 0 Å². The lowest BCUT2D eigenvalue weighted by molar-refractivity contribution is 0.254. The second-order valence-corrected chi connectivity index (χ2v) is 5.72. The summed E-state index contributed by atoms with van der Waals surface area (Å²) in [5, 5.41) is 3.47. The third-order valence-electron chi connectivity index (χ3n) is 3.95. The van der Waals surface area contributed by atoms with Crippen LogP contribution >= 0.6 is 0 Å². The van der Waals surface area contributed by atoms with Crippen LogP contribution < -0.4 is 11.1 Å². The van der Waals surface area contributed by atoms with E-state index in [0.29, 0.717) is 23.6 Å². The summed E-state index contributed by atoms with van der Waals surface area (Å²) >= 11 is 0. The van der Waals surface area contributed by atoms with Crippen LogP contribution in [-0.2, 0) is 0 Å². The highest BCUT2D eigenvalue weighted by Gasteiger charge is 2.27. The summed E-state index contributed by atoms with van der Waals surface area (Å²) in [6.45, 7) is 4.54. The molecule has 18 heavy (non-hydrogen) atoms. The monoisotopic (exact) mass is 250 g/mol. The quantitative estimate of drug-likeness (QED) is 0.795. The second kappa shape index (κ2) is 5.59. The molecule has 1 aromatic carbocycles. The molecule has 1 aromatic rings. The number of nitrogen functional groups attached to an aromatic ring is 1. The van der Waals surface area contributed by atoms with E-state index in [1.165, 1.54) is 37.8 Å². The van der Waals surface area contributed by atoms with E-state index in [2.05, 4.69) is 19.2 Å². The van der Waals surface area contributed by atoms with Crippen LogP contribution in [0.3, 0.4) is 0 Å². The van der Waals surface area contributed by atoms with Gasteiger partial charge in [0.1, 0.15) is 5.82 Å². The van der Waals surface area contributed by atoms with Gasteiger partial charge in [-0.15, -0.1) is 0 Å². The standard InChI is InChI=1S/C15H23FN2/c1-10(2)14-5-3-4-6-15(14)18-13-8-11(16)7-12(17)9-13/h7-10,14-15,18H,3-6,17H2,1-2H3. The Kier molecular flexibility index (Phi) is 4.10. The van der Waals surface area contributed by atoms with Crippen LogP contribution in [0.15, 0.2) is 18.2 Å². The Morgan fingerprint density at radius 1 is 1.22 bits per heavy atom. The van der Waals surface area contributed by atoms with E-state index in [0.717, 1.165) is 5.69 Å². The van der Waals surface area contributed by atoms with Crippen LogP contribution in [0.25, 0.3) is 0 Å². The SMILES string of the molecule is CC(C)C1CCCCC1Nc1cc(N)cc(F)c1. The molecular weight excluding hydrogens is 227 g/mol. The molecule has 0 aliphatic heterocycles. The average molecular weight is 250 g/mol. The highest BCUT2D eigenvalue weighted by Crippen LogP contribution is 2.32. The largest absolute Gasteiger partial charge is 0.399 e. The highest BCUT2D eigenvalue weighted by molar-refractivity contribution is 5.55. The molecule has 1 fully saturated rings. The third kappa shape index (κ3) is 3.15. The summed E-state index contributed by atoms with van der Waals surface area (Å²) in [4.78, 5) is 0. The second-order valence-electron chi connectivity index (χ2n) is 5.72. The van der Waals surface area contributed by atoms with Crippen molar-refractivity contribution in [1.29, 1.82) is 0 Å². The van der Waals surface area contributed by atoms with Gasteiger partial charge in [0, 0.05) is 17.4 Å². The van der Waals surface area contributed by atoms with Gasteiger partial charge >= 0.3 is 0 Å². The lowest BCUT2D eigenvalue weighted by atomic mass is 9.78. The number of benzene rings is 1. The molecule has 0 radical (unpaired) electrons. The van der Waals surface area contributed by atoms with E-state index >= 15 is 0 Å². The lowest BCUT2D eigenvalue weighted by Gasteiger charge is -2.35. The fourth-order valence-electron chi connectivity index (χ4n) is 3.05. The molecule has 1 saturated carbocycles. The molecule has 0 amide bonds. The highest BCUT2D eigenvalue weighted by atomic mass is 19.1. The summed E-state index contributed by atoms with van der Waals surface area (Å²) in [5.41, 5.74) is 6.97. The Hall–Kier alpha value is -1.25. The number of halogens is 1. The number of nitrogens with one attached hydrogen (secondary N) is 1. The first-order chi connectivity index (χ1) is 8.56. The van der Waals surface area contributed by atoms with Crippen molar-refractivity contribution in [2.45, 2.75) is 45.6 Å². The van der Waals surface area contributed by atoms with E-state index in [-0.39, 0.29) is 5.82 Å². The van der Waals surface area contributed by atoms with E-state index in [9.17, 15) is 4.39 Å². The van der Waals surface area contributed by atoms with E-state index < -0.39 is 0 Å². The fraction of sp³-hybridized carbons (Fsp3) is 0.600. The Labute approximate surface area is 109 Å².